The van der Waals surface area contributed by atoms with Gasteiger partial charge in [-0.25, -0.2) is 13.2 Å². The fourth-order valence-electron chi connectivity index (χ4n) is 3.28. The van der Waals surface area contributed by atoms with Crippen LogP contribution in [-0.4, -0.2) is 13.0 Å². The van der Waals surface area contributed by atoms with Crippen molar-refractivity contribution in [1.29, 1.82) is 0 Å². The highest BCUT2D eigenvalue weighted by molar-refractivity contribution is 7.97. The molecule has 5 rings (SSSR count). The Hall–Kier alpha value is -3.65. The van der Waals surface area contributed by atoms with Gasteiger partial charge in [-0.2, -0.15) is 0 Å². The summed E-state index contributed by atoms with van der Waals surface area (Å²) in [6.45, 7) is 0. The van der Waals surface area contributed by atoms with Gasteiger partial charge in [0, 0.05) is 17.5 Å². The van der Waals surface area contributed by atoms with Crippen molar-refractivity contribution in [2.75, 3.05) is 0 Å². The van der Waals surface area contributed by atoms with Crippen molar-refractivity contribution in [3.63, 3.8) is 0 Å². The average Bonchev–Trinajstić information content (AvgIpc) is 2.86. The van der Waals surface area contributed by atoms with Crippen LogP contribution < -0.4 is 5.63 Å². The van der Waals surface area contributed by atoms with Crippen LogP contribution in [0.15, 0.2) is 150 Å². The van der Waals surface area contributed by atoms with Crippen molar-refractivity contribution in [2.24, 2.45) is 0 Å². The lowest BCUT2D eigenvalue weighted by atomic mass is 10.2. The fraction of sp³-hybridized carbons (Fsp3) is 0. The molecule has 1 aromatic heterocycles. The van der Waals surface area contributed by atoms with Gasteiger partial charge in [0.1, 0.15) is 15.7 Å². The molecule has 0 spiro atoms. The Morgan fingerprint density at radius 3 is 1.62 bits per heavy atom. The summed E-state index contributed by atoms with van der Waals surface area (Å²) in [5.41, 5.74) is 0.309. The maximum atomic E-state index is 11.5. The van der Waals surface area contributed by atoms with Crippen LogP contribution in [0, 0.1) is 0 Å². The molecule has 0 N–H and O–H groups in total. The largest absolute Gasteiger partial charge is 0.744 e. The third kappa shape index (κ3) is 5.82. The molecule has 0 fully saturated rings. The minimum absolute atomic E-state index is 0.185. The number of fused-ring (bicyclic) bond motifs is 1. The van der Waals surface area contributed by atoms with E-state index in [0.29, 0.717) is 5.58 Å². The Morgan fingerprint density at radius 2 is 1.12 bits per heavy atom. The molecular formula is C27H20O5S2. The van der Waals surface area contributed by atoms with Crippen LogP contribution in [0.2, 0.25) is 0 Å². The first-order chi connectivity index (χ1) is 16.4. The third-order valence-electron chi connectivity index (χ3n) is 4.82. The Morgan fingerprint density at radius 1 is 0.618 bits per heavy atom. The van der Waals surface area contributed by atoms with Crippen molar-refractivity contribution in [3.8, 4) is 0 Å². The minimum Gasteiger partial charge on any atom is -0.744 e. The molecule has 0 aliphatic heterocycles. The lowest BCUT2D eigenvalue weighted by Crippen LogP contribution is -2.05. The summed E-state index contributed by atoms with van der Waals surface area (Å²) in [6.07, 6.45) is 0. The Bertz CT molecular complexity index is 1490. The van der Waals surface area contributed by atoms with Gasteiger partial charge in [0.15, 0.2) is 14.7 Å². The Balaban J connectivity index is 0.000000231. The Labute approximate surface area is 200 Å². The summed E-state index contributed by atoms with van der Waals surface area (Å²) in [5, 5.41) is 0.933. The Kier molecular flexibility index (Phi) is 7.27. The highest BCUT2D eigenvalue weighted by atomic mass is 32.2. The fourth-order valence-corrected chi connectivity index (χ4v) is 5.87. The van der Waals surface area contributed by atoms with Gasteiger partial charge in [0.05, 0.1) is 15.8 Å². The quantitative estimate of drug-likeness (QED) is 0.190. The highest BCUT2D eigenvalue weighted by Gasteiger charge is 2.28. The predicted octanol–water partition coefficient (Wildman–Crippen LogP) is 5.48. The maximum Gasteiger partial charge on any atom is 0.336 e. The molecule has 0 aliphatic carbocycles. The lowest BCUT2D eigenvalue weighted by Gasteiger charge is -2.08. The molecule has 34 heavy (non-hydrogen) atoms. The van der Waals surface area contributed by atoms with Crippen LogP contribution in [-0.2, 0) is 21.0 Å². The molecule has 5 nitrogen and oxygen atoms in total. The van der Waals surface area contributed by atoms with Gasteiger partial charge >= 0.3 is 5.63 Å². The van der Waals surface area contributed by atoms with Crippen molar-refractivity contribution >= 4 is 32.0 Å². The summed E-state index contributed by atoms with van der Waals surface area (Å²) in [5.74, 6) is 0. The smallest absolute Gasteiger partial charge is 0.336 e. The topological polar surface area (TPSA) is 87.4 Å². The molecule has 0 bridgehead atoms. The molecule has 0 amide bonds. The first-order valence-corrected chi connectivity index (χ1v) is 12.9. The van der Waals surface area contributed by atoms with Gasteiger partial charge in [0.25, 0.3) is 0 Å². The predicted molar refractivity (Wildman–Crippen MR) is 132 cm³/mol. The molecule has 170 valence electrons. The SMILES string of the molecule is O=S(=O)([O-])c1ccccc1.O=c1ccc2ccc([S+](c3ccccc3)c3ccccc3)cc2o1. The molecule has 0 atom stereocenters. The van der Waals surface area contributed by atoms with Crippen molar-refractivity contribution in [2.45, 2.75) is 19.6 Å². The van der Waals surface area contributed by atoms with E-state index in [-0.39, 0.29) is 21.4 Å². The molecular weight excluding hydrogens is 468 g/mol. The summed E-state index contributed by atoms with van der Waals surface area (Å²) < 4.78 is 36.2. The second-order valence-electron chi connectivity index (χ2n) is 7.15. The van der Waals surface area contributed by atoms with Crippen LogP contribution in [0.5, 0.6) is 0 Å². The van der Waals surface area contributed by atoms with Crippen LogP contribution >= 0.6 is 0 Å². The zero-order chi connectivity index (χ0) is 24.0. The van der Waals surface area contributed by atoms with Crippen molar-refractivity contribution < 1.29 is 17.4 Å². The third-order valence-corrected chi connectivity index (χ3v) is 7.88. The van der Waals surface area contributed by atoms with Gasteiger partial charge < -0.3 is 8.97 Å². The van der Waals surface area contributed by atoms with E-state index in [1.54, 1.807) is 12.1 Å². The number of hydrogen-bond donors (Lipinski definition) is 0. The summed E-state index contributed by atoms with van der Waals surface area (Å²) in [7, 11) is -4.49. The van der Waals surface area contributed by atoms with E-state index in [1.165, 1.54) is 40.1 Å². The molecule has 7 heteroatoms. The van der Waals surface area contributed by atoms with Crippen LogP contribution in [0.4, 0.5) is 0 Å². The van der Waals surface area contributed by atoms with Crippen LogP contribution in [0.1, 0.15) is 0 Å². The zero-order valence-electron chi connectivity index (χ0n) is 17.9. The molecule has 5 aromatic rings. The van der Waals surface area contributed by atoms with Gasteiger partial charge in [-0.15, -0.1) is 0 Å². The van der Waals surface area contributed by atoms with E-state index in [9.17, 15) is 17.8 Å². The van der Waals surface area contributed by atoms with Gasteiger partial charge in [-0.3, -0.25) is 0 Å². The maximum absolute atomic E-state index is 11.5. The van der Waals surface area contributed by atoms with E-state index >= 15 is 0 Å². The molecule has 0 unspecified atom stereocenters. The van der Waals surface area contributed by atoms with E-state index in [2.05, 4.69) is 54.6 Å². The summed E-state index contributed by atoms with van der Waals surface area (Å²) in [4.78, 5) is 15.0. The number of rotatable bonds is 4. The van der Waals surface area contributed by atoms with Crippen LogP contribution in [0.25, 0.3) is 11.0 Å². The molecule has 0 aliphatic rings. The van der Waals surface area contributed by atoms with Gasteiger partial charge in [-0.1, -0.05) is 54.6 Å². The normalized spacial score (nSPS) is 11.1. The molecule has 0 saturated carbocycles. The van der Waals surface area contributed by atoms with Gasteiger partial charge in [-0.05, 0) is 54.6 Å². The van der Waals surface area contributed by atoms with E-state index in [0.717, 1.165) is 10.3 Å². The first kappa shape index (κ1) is 23.5. The standard InChI is InChI=1S/C21H15O2S.C6H6O3S/c22-21-14-12-16-11-13-19(15-20(16)23-21)24(17-7-3-1-4-8-17)18-9-5-2-6-10-18;7-10(8,9)6-4-2-1-3-5-6/h1-15H;1-5H,(H,7,8,9)/q+1;/p-1. The molecule has 0 saturated heterocycles. The molecule has 0 radical (unpaired) electrons. The molecule has 4 aromatic carbocycles. The van der Waals surface area contributed by atoms with Crippen LogP contribution in [0.3, 0.4) is 0 Å². The second-order valence-corrected chi connectivity index (χ2v) is 10.6. The van der Waals surface area contributed by atoms with Gasteiger partial charge in [0.2, 0.25) is 0 Å². The zero-order valence-corrected chi connectivity index (χ0v) is 19.5. The van der Waals surface area contributed by atoms with E-state index in [4.69, 9.17) is 4.42 Å². The van der Waals surface area contributed by atoms with E-state index < -0.39 is 10.1 Å². The molecule has 1 heterocycles. The average molecular weight is 489 g/mol. The summed E-state index contributed by atoms with van der Waals surface area (Å²) in [6, 6.07) is 37.4. The van der Waals surface area contributed by atoms with Crippen molar-refractivity contribution in [1.82, 2.24) is 0 Å². The highest BCUT2D eigenvalue weighted by Crippen LogP contribution is 2.32. The number of hydrogen-bond acceptors (Lipinski definition) is 5. The minimum atomic E-state index is -4.25. The second kappa shape index (κ2) is 10.5. The monoisotopic (exact) mass is 488 g/mol. The first-order valence-electron chi connectivity index (χ1n) is 10.3. The number of benzene rings is 4. The van der Waals surface area contributed by atoms with E-state index in [1.807, 2.05) is 24.3 Å². The lowest BCUT2D eigenvalue weighted by molar-refractivity contribution is 0.463. The van der Waals surface area contributed by atoms with Crippen molar-refractivity contribution in [3.05, 3.63) is 132 Å². The summed E-state index contributed by atoms with van der Waals surface area (Å²) >= 11 is 0.